The van der Waals surface area contributed by atoms with Crippen LogP contribution >= 0.6 is 7.82 Å². The monoisotopic (exact) mass is 825 g/mol. The third kappa shape index (κ3) is 41.6. The van der Waals surface area contributed by atoms with Gasteiger partial charge in [-0.15, -0.1) is 0 Å². The van der Waals surface area contributed by atoms with Crippen LogP contribution in [0.25, 0.3) is 0 Å². The molecule has 0 aromatic carbocycles. The summed E-state index contributed by atoms with van der Waals surface area (Å²) in [6, 6.07) is 0. The standard InChI is InChI=1S/C46H82NO9P/c1-6-8-10-12-14-15-16-17-18-19-20-21-25-30-34-38-46(50)56-44(42-55-57(51,52)54-40-39-47(3,4)5)41-53-45(49)37-33-29-26-22-24-28-32-36-43(48)35-31-27-23-13-11-9-7-2/h17-18,22-23,26-28,31-32,35,43-44,48H,6-16,19-21,24-25,29-30,33-34,36-42H2,1-5H3/p+1/b18-17-,26-22+,27-23-,32-28-,35-31-/t43-,44-/m1/s1. The summed E-state index contributed by atoms with van der Waals surface area (Å²) in [6.07, 6.45) is 41.5. The minimum absolute atomic E-state index is 0.00895. The van der Waals surface area contributed by atoms with Crippen molar-refractivity contribution in [2.75, 3.05) is 47.5 Å². The van der Waals surface area contributed by atoms with Crippen LogP contribution in [0.4, 0.5) is 0 Å². The molecule has 0 heterocycles. The Morgan fingerprint density at radius 1 is 0.632 bits per heavy atom. The number of phosphoric ester groups is 1. The summed E-state index contributed by atoms with van der Waals surface area (Å²) in [7, 11) is 1.40. The molecule has 10 nitrogen and oxygen atoms in total. The first-order valence-electron chi connectivity index (χ1n) is 22.1. The second-order valence-corrected chi connectivity index (χ2v) is 17.4. The lowest BCUT2D eigenvalue weighted by Crippen LogP contribution is -2.37. The van der Waals surface area contributed by atoms with E-state index in [1.165, 1.54) is 64.2 Å². The molecular weight excluding hydrogens is 741 g/mol. The maximum absolute atomic E-state index is 12.7. The molecule has 0 saturated carbocycles. The number of carbonyl (C=O) groups is 2. The summed E-state index contributed by atoms with van der Waals surface area (Å²) in [5.74, 6) is -0.919. The first-order chi connectivity index (χ1) is 27.4. The molecule has 0 saturated heterocycles. The molecule has 57 heavy (non-hydrogen) atoms. The fraction of sp³-hybridized carbons (Fsp3) is 0.739. The third-order valence-corrected chi connectivity index (χ3v) is 10.1. The van der Waals surface area contributed by atoms with Gasteiger partial charge in [0.1, 0.15) is 19.8 Å². The summed E-state index contributed by atoms with van der Waals surface area (Å²) < 4.78 is 34.2. The lowest BCUT2D eigenvalue weighted by atomic mass is 10.1. The van der Waals surface area contributed by atoms with Gasteiger partial charge in [0.25, 0.3) is 0 Å². The van der Waals surface area contributed by atoms with E-state index in [2.05, 4.69) is 32.1 Å². The number of allylic oxidation sites excluding steroid dienone is 8. The van der Waals surface area contributed by atoms with E-state index in [1.807, 2.05) is 57.6 Å². The molecule has 0 aliphatic rings. The average molecular weight is 825 g/mol. The number of likely N-dealkylation sites (N-methyl/N-ethyl adjacent to an activating group) is 1. The minimum Gasteiger partial charge on any atom is -0.462 e. The van der Waals surface area contributed by atoms with Crippen LogP contribution < -0.4 is 0 Å². The number of esters is 2. The van der Waals surface area contributed by atoms with Crippen molar-refractivity contribution in [1.29, 1.82) is 0 Å². The zero-order chi connectivity index (χ0) is 42.3. The summed E-state index contributed by atoms with van der Waals surface area (Å²) in [6.45, 7) is 4.21. The predicted octanol–water partition coefficient (Wildman–Crippen LogP) is 11.4. The molecule has 2 N–H and O–H groups in total. The number of hydrogen-bond acceptors (Lipinski definition) is 8. The molecule has 11 heteroatoms. The maximum Gasteiger partial charge on any atom is 0.472 e. The summed E-state index contributed by atoms with van der Waals surface area (Å²) in [5, 5.41) is 10.1. The molecule has 0 spiro atoms. The SMILES string of the molecule is CCCCC/C=C\C=C/[C@@H](O)C/C=C\C/C=C/CCCC(=O)OC[C@H](COP(=O)(O)OCC[N+](C)(C)C)OC(=O)CCCCCCC/C=C\CCCCCCCC. The fourth-order valence-corrected chi connectivity index (χ4v) is 6.29. The Balaban J connectivity index is 4.53. The molecular formula is C46H83NO9P+. The Bertz CT molecular complexity index is 1170. The van der Waals surface area contributed by atoms with E-state index in [1.54, 1.807) is 6.08 Å². The van der Waals surface area contributed by atoms with Crippen molar-refractivity contribution < 1.29 is 47.2 Å². The quantitative estimate of drug-likeness (QED) is 0.0155. The van der Waals surface area contributed by atoms with Gasteiger partial charge in [-0.25, -0.2) is 4.57 Å². The van der Waals surface area contributed by atoms with Gasteiger partial charge in [-0.05, 0) is 70.6 Å². The highest BCUT2D eigenvalue weighted by molar-refractivity contribution is 7.47. The molecule has 0 bridgehead atoms. The third-order valence-electron chi connectivity index (χ3n) is 9.10. The van der Waals surface area contributed by atoms with Gasteiger partial charge in [-0.3, -0.25) is 18.6 Å². The lowest BCUT2D eigenvalue weighted by molar-refractivity contribution is -0.870. The summed E-state index contributed by atoms with van der Waals surface area (Å²) in [4.78, 5) is 35.3. The Morgan fingerprint density at radius 3 is 1.86 bits per heavy atom. The highest BCUT2D eigenvalue weighted by Gasteiger charge is 2.27. The van der Waals surface area contributed by atoms with E-state index >= 15 is 0 Å². The van der Waals surface area contributed by atoms with E-state index in [0.29, 0.717) is 36.7 Å². The first-order valence-corrected chi connectivity index (χ1v) is 23.6. The zero-order valence-corrected chi connectivity index (χ0v) is 37.6. The average Bonchev–Trinajstić information content (AvgIpc) is 3.15. The number of nitrogens with zero attached hydrogens (tertiary/aromatic N) is 1. The normalized spacial score (nSPS) is 14.7. The van der Waals surface area contributed by atoms with Crippen LogP contribution in [-0.4, -0.2) is 86.1 Å². The number of aliphatic hydroxyl groups is 1. The van der Waals surface area contributed by atoms with E-state index in [9.17, 15) is 24.2 Å². The number of quaternary nitrogens is 1. The molecule has 330 valence electrons. The van der Waals surface area contributed by atoms with Crippen molar-refractivity contribution in [3.05, 3.63) is 60.8 Å². The molecule has 0 aromatic heterocycles. The van der Waals surface area contributed by atoms with Crippen LogP contribution in [0.5, 0.6) is 0 Å². The smallest absolute Gasteiger partial charge is 0.462 e. The van der Waals surface area contributed by atoms with Gasteiger partial charge >= 0.3 is 19.8 Å². The molecule has 0 amide bonds. The maximum atomic E-state index is 12.7. The van der Waals surface area contributed by atoms with Crippen LogP contribution in [-0.2, 0) is 32.7 Å². The number of aliphatic hydroxyl groups excluding tert-OH is 1. The number of hydrogen-bond donors (Lipinski definition) is 2. The number of rotatable bonds is 39. The Morgan fingerprint density at radius 2 is 1.18 bits per heavy atom. The van der Waals surface area contributed by atoms with Gasteiger partial charge in [0.05, 0.1) is 33.9 Å². The zero-order valence-electron chi connectivity index (χ0n) is 36.7. The van der Waals surface area contributed by atoms with Crippen molar-refractivity contribution in [3.63, 3.8) is 0 Å². The molecule has 0 rings (SSSR count). The van der Waals surface area contributed by atoms with Crippen molar-refractivity contribution in [3.8, 4) is 0 Å². The van der Waals surface area contributed by atoms with Gasteiger partial charge in [0.2, 0.25) is 0 Å². The molecule has 3 atom stereocenters. The van der Waals surface area contributed by atoms with Crippen molar-refractivity contribution >= 4 is 19.8 Å². The van der Waals surface area contributed by atoms with E-state index in [-0.39, 0.29) is 26.1 Å². The van der Waals surface area contributed by atoms with E-state index < -0.39 is 38.6 Å². The Hall–Kier alpha value is -2.33. The van der Waals surface area contributed by atoms with Crippen molar-refractivity contribution in [2.45, 2.75) is 174 Å². The highest BCUT2D eigenvalue weighted by atomic mass is 31.2. The number of ether oxygens (including phenoxy) is 2. The molecule has 0 radical (unpaired) electrons. The van der Waals surface area contributed by atoms with Gasteiger partial charge in [0, 0.05) is 12.8 Å². The predicted molar refractivity (Wildman–Crippen MR) is 235 cm³/mol. The minimum atomic E-state index is -4.40. The summed E-state index contributed by atoms with van der Waals surface area (Å²) >= 11 is 0. The van der Waals surface area contributed by atoms with Crippen molar-refractivity contribution in [2.24, 2.45) is 0 Å². The topological polar surface area (TPSA) is 129 Å². The van der Waals surface area contributed by atoms with Crippen LogP contribution in [0.1, 0.15) is 162 Å². The molecule has 0 aliphatic heterocycles. The largest absolute Gasteiger partial charge is 0.472 e. The van der Waals surface area contributed by atoms with E-state index in [4.69, 9.17) is 18.5 Å². The summed E-state index contributed by atoms with van der Waals surface area (Å²) in [5.41, 5.74) is 0. The Kier molecular flexibility index (Phi) is 36.4. The molecule has 0 aliphatic carbocycles. The molecule has 0 fully saturated rings. The van der Waals surface area contributed by atoms with E-state index in [0.717, 1.165) is 44.9 Å². The second-order valence-electron chi connectivity index (χ2n) is 15.9. The van der Waals surface area contributed by atoms with Crippen LogP contribution in [0.3, 0.4) is 0 Å². The first kappa shape index (κ1) is 54.7. The number of phosphoric acid groups is 1. The van der Waals surface area contributed by atoms with Gasteiger partial charge in [0.15, 0.2) is 6.10 Å². The Labute approximate surface area is 348 Å². The van der Waals surface area contributed by atoms with Crippen LogP contribution in [0.2, 0.25) is 0 Å². The second kappa shape index (κ2) is 37.9. The number of unbranched alkanes of at least 4 members (excludes halogenated alkanes) is 15. The molecule has 0 aromatic rings. The fourth-order valence-electron chi connectivity index (χ4n) is 5.55. The lowest BCUT2D eigenvalue weighted by Gasteiger charge is -2.24. The van der Waals surface area contributed by atoms with Gasteiger partial charge < -0.3 is 24.0 Å². The molecule has 1 unspecified atom stereocenters. The van der Waals surface area contributed by atoms with Crippen molar-refractivity contribution in [1.82, 2.24) is 0 Å². The van der Waals surface area contributed by atoms with Crippen LogP contribution in [0.15, 0.2) is 60.8 Å². The number of carbonyl (C=O) groups excluding carboxylic acids is 2. The van der Waals surface area contributed by atoms with Gasteiger partial charge in [-0.1, -0.05) is 139 Å². The highest BCUT2D eigenvalue weighted by Crippen LogP contribution is 2.43. The van der Waals surface area contributed by atoms with Crippen LogP contribution in [0, 0.1) is 0 Å². The van der Waals surface area contributed by atoms with Gasteiger partial charge in [-0.2, -0.15) is 0 Å².